The summed E-state index contributed by atoms with van der Waals surface area (Å²) in [5.74, 6) is 2.56. The number of fused-ring (bicyclic) bond motifs is 1. The molecule has 1 fully saturated rings. The summed E-state index contributed by atoms with van der Waals surface area (Å²) in [5, 5.41) is 7.71. The highest BCUT2D eigenvalue weighted by molar-refractivity contribution is 5.95. The Hall–Kier alpha value is -4.07. The SMILES string of the molecule is Cc1nc(-c2ccccc2)ncc1C(=O)NC[C@H]1CC[C@@H](Nc2nc(N(C)C)c3ccccc3n2)CC1. The largest absolute Gasteiger partial charge is 0.362 e. The molecule has 0 spiro atoms. The number of hydrogen-bond donors (Lipinski definition) is 2. The molecule has 1 aliphatic carbocycles. The number of nitrogens with zero attached hydrogens (tertiary/aromatic N) is 5. The van der Waals surface area contributed by atoms with Crippen LogP contribution in [0, 0.1) is 12.8 Å². The van der Waals surface area contributed by atoms with Gasteiger partial charge in [0.25, 0.3) is 5.91 Å². The summed E-state index contributed by atoms with van der Waals surface area (Å²) in [5.41, 5.74) is 3.10. The molecule has 8 heteroatoms. The van der Waals surface area contributed by atoms with Crippen LogP contribution in [0.3, 0.4) is 0 Å². The highest BCUT2D eigenvalue weighted by Gasteiger charge is 2.23. The highest BCUT2D eigenvalue weighted by Crippen LogP contribution is 2.28. The molecule has 0 bridgehead atoms. The maximum absolute atomic E-state index is 12.8. The van der Waals surface area contributed by atoms with Crippen LogP contribution in [0.2, 0.25) is 0 Å². The molecule has 0 unspecified atom stereocenters. The summed E-state index contributed by atoms with van der Waals surface area (Å²) in [6.45, 7) is 2.51. The Morgan fingerprint density at radius 1 is 0.946 bits per heavy atom. The number of rotatable bonds is 7. The van der Waals surface area contributed by atoms with Gasteiger partial charge in [0.1, 0.15) is 5.82 Å². The molecule has 1 amide bonds. The van der Waals surface area contributed by atoms with Crippen molar-refractivity contribution in [3.05, 3.63) is 72.1 Å². The minimum Gasteiger partial charge on any atom is -0.362 e. The molecule has 1 saturated carbocycles. The van der Waals surface area contributed by atoms with Crippen molar-refractivity contribution in [1.29, 1.82) is 0 Å². The van der Waals surface area contributed by atoms with E-state index in [-0.39, 0.29) is 5.91 Å². The van der Waals surface area contributed by atoms with Crippen molar-refractivity contribution >= 4 is 28.6 Å². The Morgan fingerprint density at radius 2 is 1.68 bits per heavy atom. The summed E-state index contributed by atoms with van der Waals surface area (Å²) >= 11 is 0. The average Bonchev–Trinajstić information content (AvgIpc) is 2.92. The summed E-state index contributed by atoms with van der Waals surface area (Å²) in [7, 11) is 4.01. The van der Waals surface area contributed by atoms with Gasteiger partial charge in [-0.25, -0.2) is 15.0 Å². The molecule has 2 heterocycles. The molecular formula is C29H33N7O. The molecule has 2 aromatic carbocycles. The lowest BCUT2D eigenvalue weighted by Gasteiger charge is -2.29. The predicted octanol–water partition coefficient (Wildman–Crippen LogP) is 4.86. The van der Waals surface area contributed by atoms with E-state index in [0.717, 1.165) is 48.0 Å². The van der Waals surface area contributed by atoms with Crippen LogP contribution in [0.4, 0.5) is 11.8 Å². The first-order valence-corrected chi connectivity index (χ1v) is 12.9. The van der Waals surface area contributed by atoms with Gasteiger partial charge in [-0.15, -0.1) is 0 Å². The fourth-order valence-electron chi connectivity index (χ4n) is 4.91. The minimum absolute atomic E-state index is 0.113. The molecule has 1 aliphatic rings. The Kier molecular flexibility index (Phi) is 7.25. The molecule has 37 heavy (non-hydrogen) atoms. The van der Waals surface area contributed by atoms with Gasteiger partial charge < -0.3 is 15.5 Å². The number of anilines is 2. The molecule has 2 aromatic heterocycles. The van der Waals surface area contributed by atoms with Crippen molar-refractivity contribution in [2.24, 2.45) is 5.92 Å². The van der Waals surface area contributed by atoms with E-state index in [1.54, 1.807) is 6.20 Å². The lowest BCUT2D eigenvalue weighted by atomic mass is 9.86. The van der Waals surface area contributed by atoms with Crippen LogP contribution in [0.15, 0.2) is 60.8 Å². The van der Waals surface area contributed by atoms with E-state index in [0.29, 0.717) is 41.5 Å². The van der Waals surface area contributed by atoms with E-state index in [1.165, 1.54) is 0 Å². The second-order valence-electron chi connectivity index (χ2n) is 9.91. The third-order valence-corrected chi connectivity index (χ3v) is 6.99. The number of benzene rings is 2. The zero-order valence-corrected chi connectivity index (χ0v) is 21.6. The van der Waals surface area contributed by atoms with Crippen molar-refractivity contribution < 1.29 is 4.79 Å². The summed E-state index contributed by atoms with van der Waals surface area (Å²) in [4.78, 5) is 33.3. The summed E-state index contributed by atoms with van der Waals surface area (Å²) in [6, 6.07) is 18.2. The van der Waals surface area contributed by atoms with Crippen molar-refractivity contribution in [1.82, 2.24) is 25.3 Å². The highest BCUT2D eigenvalue weighted by atomic mass is 16.1. The zero-order chi connectivity index (χ0) is 25.8. The minimum atomic E-state index is -0.113. The molecule has 0 aliphatic heterocycles. The smallest absolute Gasteiger partial charge is 0.254 e. The van der Waals surface area contributed by atoms with Crippen LogP contribution < -0.4 is 15.5 Å². The number of aryl methyl sites for hydroxylation is 1. The Bertz CT molecular complexity index is 1380. The number of nitrogens with one attached hydrogen (secondary N) is 2. The van der Waals surface area contributed by atoms with Gasteiger partial charge in [0.05, 0.1) is 16.8 Å². The normalized spacial score (nSPS) is 17.4. The van der Waals surface area contributed by atoms with Gasteiger partial charge >= 0.3 is 0 Å². The summed E-state index contributed by atoms with van der Waals surface area (Å²) < 4.78 is 0. The van der Waals surface area contributed by atoms with Crippen LogP contribution >= 0.6 is 0 Å². The van der Waals surface area contributed by atoms with Crippen molar-refractivity contribution in [3.8, 4) is 11.4 Å². The predicted molar refractivity (Wildman–Crippen MR) is 148 cm³/mol. The molecule has 0 radical (unpaired) electrons. The Balaban J connectivity index is 1.14. The number of amides is 1. The van der Waals surface area contributed by atoms with Crippen LogP contribution in [-0.2, 0) is 0 Å². The molecular weight excluding hydrogens is 462 g/mol. The van der Waals surface area contributed by atoms with E-state index in [2.05, 4.69) is 26.7 Å². The van der Waals surface area contributed by atoms with E-state index in [9.17, 15) is 4.79 Å². The first kappa shape index (κ1) is 24.6. The lowest BCUT2D eigenvalue weighted by Crippen LogP contribution is -2.34. The van der Waals surface area contributed by atoms with Crippen molar-refractivity contribution in [2.45, 2.75) is 38.6 Å². The number of para-hydroxylation sites is 1. The monoisotopic (exact) mass is 495 g/mol. The van der Waals surface area contributed by atoms with Crippen LogP contribution in [0.1, 0.15) is 41.7 Å². The van der Waals surface area contributed by atoms with E-state index >= 15 is 0 Å². The van der Waals surface area contributed by atoms with Crippen LogP contribution in [0.5, 0.6) is 0 Å². The van der Waals surface area contributed by atoms with Gasteiger partial charge in [-0.3, -0.25) is 4.79 Å². The number of hydrogen-bond acceptors (Lipinski definition) is 7. The standard InChI is InChI=1S/C29H33N7O/c1-19-24(18-30-26(32-19)21-9-5-4-6-10-21)28(37)31-17-20-13-15-22(16-14-20)33-29-34-25-12-8-7-11-23(25)27(35-29)36(2)3/h4-12,18,20,22H,13-17H2,1-3H3,(H,31,37)(H,33,34,35)/t20-,22+. The Morgan fingerprint density at radius 3 is 2.41 bits per heavy atom. The third kappa shape index (κ3) is 5.69. The van der Waals surface area contributed by atoms with Gasteiger partial charge in [0.2, 0.25) is 5.95 Å². The van der Waals surface area contributed by atoms with E-state index in [1.807, 2.05) is 74.4 Å². The molecule has 5 rings (SSSR count). The molecule has 8 nitrogen and oxygen atoms in total. The Labute approximate surface area is 217 Å². The van der Waals surface area contributed by atoms with Gasteiger partial charge in [-0.1, -0.05) is 42.5 Å². The summed E-state index contributed by atoms with van der Waals surface area (Å²) in [6.07, 6.45) is 5.74. The van der Waals surface area contributed by atoms with Gasteiger partial charge in [0.15, 0.2) is 5.82 Å². The van der Waals surface area contributed by atoms with Crippen molar-refractivity contribution in [2.75, 3.05) is 30.9 Å². The van der Waals surface area contributed by atoms with Gasteiger partial charge in [0, 0.05) is 43.8 Å². The molecule has 0 saturated heterocycles. The third-order valence-electron chi connectivity index (χ3n) is 6.99. The number of aromatic nitrogens is 4. The topological polar surface area (TPSA) is 95.9 Å². The second-order valence-corrected chi connectivity index (χ2v) is 9.91. The lowest BCUT2D eigenvalue weighted by molar-refractivity contribution is 0.0942. The first-order chi connectivity index (χ1) is 18.0. The molecule has 0 atom stereocenters. The number of carbonyl (C=O) groups excluding carboxylic acids is 1. The molecule has 2 N–H and O–H groups in total. The second kappa shape index (κ2) is 10.9. The quantitative estimate of drug-likeness (QED) is 0.378. The maximum atomic E-state index is 12.8. The maximum Gasteiger partial charge on any atom is 0.254 e. The first-order valence-electron chi connectivity index (χ1n) is 12.9. The molecule has 4 aromatic rings. The fourth-order valence-corrected chi connectivity index (χ4v) is 4.91. The van der Waals surface area contributed by atoms with Crippen LogP contribution in [-0.4, -0.2) is 52.5 Å². The van der Waals surface area contributed by atoms with Gasteiger partial charge in [-0.05, 0) is 50.7 Å². The van der Waals surface area contributed by atoms with Crippen LogP contribution in [0.25, 0.3) is 22.3 Å². The fraction of sp³-hybridized carbons (Fsp3) is 0.345. The number of carbonyl (C=O) groups is 1. The van der Waals surface area contributed by atoms with Crippen molar-refractivity contribution in [3.63, 3.8) is 0 Å². The van der Waals surface area contributed by atoms with Gasteiger partial charge in [-0.2, -0.15) is 4.98 Å². The molecule has 190 valence electrons. The zero-order valence-electron chi connectivity index (χ0n) is 21.6. The van der Waals surface area contributed by atoms with E-state index in [4.69, 9.17) is 9.97 Å². The average molecular weight is 496 g/mol. The van der Waals surface area contributed by atoms with E-state index < -0.39 is 0 Å².